The van der Waals surface area contributed by atoms with Crippen LogP contribution < -0.4 is 0 Å². The molecule has 0 unspecified atom stereocenters. The molecule has 0 spiro atoms. The molecule has 0 saturated carbocycles. The Kier molecular flexibility index (Phi) is 5.64. The first-order chi connectivity index (χ1) is 11.8. The van der Waals surface area contributed by atoms with Crippen molar-refractivity contribution in [2.45, 2.75) is 26.9 Å². The molecule has 2 aromatic rings. The highest BCUT2D eigenvalue weighted by atomic mass is 16.5. The first kappa shape index (κ1) is 18.3. The molecule has 0 saturated heterocycles. The van der Waals surface area contributed by atoms with Crippen molar-refractivity contribution >= 4 is 17.7 Å². The molecule has 1 aromatic heterocycles. The maximum absolute atomic E-state index is 12.4. The zero-order chi connectivity index (χ0) is 18.6. The Morgan fingerprint density at radius 1 is 0.960 bits per heavy atom. The van der Waals surface area contributed by atoms with E-state index in [2.05, 4.69) is 9.72 Å². The van der Waals surface area contributed by atoms with Gasteiger partial charge in [0, 0.05) is 11.8 Å². The Hall–Kier alpha value is -3.02. The lowest BCUT2D eigenvalue weighted by Crippen LogP contribution is -2.24. The number of benzene rings is 1. The molecule has 25 heavy (non-hydrogen) atoms. The van der Waals surface area contributed by atoms with Gasteiger partial charge in [0.05, 0.1) is 12.7 Å². The van der Waals surface area contributed by atoms with Gasteiger partial charge in [-0.05, 0) is 50.1 Å². The number of Topliss-reactive ketones (excluding diaryl/α,β-unsaturated/α-hetero) is 1. The van der Waals surface area contributed by atoms with Crippen LogP contribution in [0.25, 0.3) is 0 Å². The maximum Gasteiger partial charge on any atom is 0.356 e. The van der Waals surface area contributed by atoms with E-state index in [9.17, 15) is 14.4 Å². The highest BCUT2D eigenvalue weighted by Crippen LogP contribution is 2.14. The van der Waals surface area contributed by atoms with Crippen LogP contribution in [0.2, 0.25) is 0 Å². The maximum atomic E-state index is 12.4. The van der Waals surface area contributed by atoms with Crippen molar-refractivity contribution in [3.05, 3.63) is 64.5 Å². The van der Waals surface area contributed by atoms with Crippen LogP contribution in [-0.4, -0.2) is 35.9 Å². The number of ether oxygens (including phenoxy) is 2. The van der Waals surface area contributed by atoms with E-state index in [0.29, 0.717) is 5.56 Å². The second-order valence-electron chi connectivity index (χ2n) is 5.63. The summed E-state index contributed by atoms with van der Waals surface area (Å²) in [6.45, 7) is 5.39. The van der Waals surface area contributed by atoms with Crippen molar-refractivity contribution in [2.75, 3.05) is 7.11 Å². The number of hydrogen-bond donors (Lipinski definition) is 0. The van der Waals surface area contributed by atoms with E-state index in [-0.39, 0.29) is 17.0 Å². The number of pyridine rings is 1. The Balaban J connectivity index is 2.07. The lowest BCUT2D eigenvalue weighted by molar-refractivity contribution is 0.0318. The molecule has 1 aromatic carbocycles. The van der Waals surface area contributed by atoms with Gasteiger partial charge in [0.15, 0.2) is 6.10 Å². The fourth-order valence-electron chi connectivity index (χ4n) is 2.15. The number of carbonyl (C=O) groups is 3. The van der Waals surface area contributed by atoms with Crippen molar-refractivity contribution < 1.29 is 23.9 Å². The molecular formula is C19H19NO5. The van der Waals surface area contributed by atoms with E-state index in [1.54, 1.807) is 12.1 Å². The minimum Gasteiger partial charge on any atom is -0.464 e. The van der Waals surface area contributed by atoms with E-state index < -0.39 is 18.0 Å². The van der Waals surface area contributed by atoms with Crippen LogP contribution in [-0.2, 0) is 9.47 Å². The minimum atomic E-state index is -0.935. The number of rotatable bonds is 5. The summed E-state index contributed by atoms with van der Waals surface area (Å²) < 4.78 is 9.74. The summed E-state index contributed by atoms with van der Waals surface area (Å²) in [4.78, 5) is 39.7. The van der Waals surface area contributed by atoms with Crippen molar-refractivity contribution in [3.63, 3.8) is 0 Å². The van der Waals surface area contributed by atoms with Gasteiger partial charge in [-0.1, -0.05) is 12.1 Å². The average molecular weight is 341 g/mol. The molecule has 0 aliphatic rings. The Labute approximate surface area is 145 Å². The van der Waals surface area contributed by atoms with Gasteiger partial charge in [-0.2, -0.15) is 0 Å². The SMILES string of the molecule is COC(=O)c1ccc(C(=O)O[C@H](C)C(=O)c2ccc(C)c(C)c2)cn1. The first-order valence-corrected chi connectivity index (χ1v) is 7.70. The lowest BCUT2D eigenvalue weighted by atomic mass is 10.0. The Morgan fingerprint density at radius 2 is 1.64 bits per heavy atom. The van der Waals surface area contributed by atoms with Gasteiger partial charge in [-0.25, -0.2) is 14.6 Å². The highest BCUT2D eigenvalue weighted by Gasteiger charge is 2.21. The molecule has 130 valence electrons. The average Bonchev–Trinajstić information content (AvgIpc) is 2.62. The number of esters is 2. The molecule has 1 heterocycles. The van der Waals surface area contributed by atoms with Crippen LogP contribution in [0.4, 0.5) is 0 Å². The number of ketones is 1. The molecule has 6 heteroatoms. The second kappa shape index (κ2) is 7.70. The smallest absolute Gasteiger partial charge is 0.356 e. The highest BCUT2D eigenvalue weighted by molar-refractivity contribution is 6.01. The molecule has 0 fully saturated rings. The zero-order valence-corrected chi connectivity index (χ0v) is 14.5. The first-order valence-electron chi connectivity index (χ1n) is 7.70. The van der Waals surface area contributed by atoms with E-state index >= 15 is 0 Å². The fraction of sp³-hybridized carbons (Fsp3) is 0.263. The fourth-order valence-corrected chi connectivity index (χ4v) is 2.15. The van der Waals surface area contributed by atoms with Gasteiger partial charge in [0.25, 0.3) is 0 Å². The van der Waals surface area contributed by atoms with Gasteiger partial charge in [-0.3, -0.25) is 4.79 Å². The third-order valence-electron chi connectivity index (χ3n) is 3.84. The number of nitrogens with zero attached hydrogens (tertiary/aromatic N) is 1. The van der Waals surface area contributed by atoms with Crippen LogP contribution in [0.15, 0.2) is 36.5 Å². The number of carbonyl (C=O) groups excluding carboxylic acids is 3. The summed E-state index contributed by atoms with van der Waals surface area (Å²) in [5.41, 5.74) is 2.79. The van der Waals surface area contributed by atoms with Gasteiger partial charge in [0.1, 0.15) is 5.69 Å². The molecule has 0 N–H and O–H groups in total. The molecule has 0 aliphatic carbocycles. The largest absolute Gasteiger partial charge is 0.464 e. The van der Waals surface area contributed by atoms with Gasteiger partial charge in [0.2, 0.25) is 5.78 Å². The predicted molar refractivity (Wildman–Crippen MR) is 90.7 cm³/mol. The van der Waals surface area contributed by atoms with Crippen LogP contribution in [0.5, 0.6) is 0 Å². The molecule has 0 radical (unpaired) electrons. The Bertz CT molecular complexity index is 811. The third kappa shape index (κ3) is 4.29. The second-order valence-corrected chi connectivity index (χ2v) is 5.63. The minimum absolute atomic E-state index is 0.0818. The van der Waals surface area contributed by atoms with E-state index in [1.165, 1.54) is 32.4 Å². The van der Waals surface area contributed by atoms with E-state index in [1.807, 2.05) is 19.9 Å². The quantitative estimate of drug-likeness (QED) is 0.614. The summed E-state index contributed by atoms with van der Waals surface area (Å²) >= 11 is 0. The lowest BCUT2D eigenvalue weighted by Gasteiger charge is -2.13. The van der Waals surface area contributed by atoms with Crippen LogP contribution >= 0.6 is 0 Å². The van der Waals surface area contributed by atoms with Crippen LogP contribution in [0, 0.1) is 13.8 Å². The standard InChI is InChI=1S/C19H19NO5/c1-11-5-6-14(9-12(11)2)17(21)13(3)25-18(22)15-7-8-16(20-10-15)19(23)24-4/h5-10,13H,1-4H3/t13-/m1/s1. The number of aromatic nitrogens is 1. The van der Waals surface area contributed by atoms with Crippen molar-refractivity contribution in [3.8, 4) is 0 Å². The van der Waals surface area contributed by atoms with E-state index in [4.69, 9.17) is 4.74 Å². The van der Waals surface area contributed by atoms with Crippen LogP contribution in [0.3, 0.4) is 0 Å². The molecular weight excluding hydrogens is 322 g/mol. The Morgan fingerprint density at radius 3 is 2.20 bits per heavy atom. The monoisotopic (exact) mass is 341 g/mol. The number of aryl methyl sites for hydroxylation is 2. The number of hydrogen-bond acceptors (Lipinski definition) is 6. The van der Waals surface area contributed by atoms with Crippen molar-refractivity contribution in [2.24, 2.45) is 0 Å². The summed E-state index contributed by atoms with van der Waals surface area (Å²) in [5.74, 6) is -1.57. The number of methoxy groups -OCH3 is 1. The summed E-state index contributed by atoms with van der Waals surface area (Å²) in [5, 5.41) is 0. The van der Waals surface area contributed by atoms with Gasteiger partial charge in [-0.15, -0.1) is 0 Å². The molecule has 0 aliphatic heterocycles. The molecule has 0 amide bonds. The summed E-state index contributed by atoms with van der Waals surface area (Å²) in [6, 6.07) is 8.09. The van der Waals surface area contributed by atoms with Gasteiger partial charge < -0.3 is 9.47 Å². The zero-order valence-electron chi connectivity index (χ0n) is 14.5. The predicted octanol–water partition coefficient (Wildman–Crippen LogP) is 2.91. The van der Waals surface area contributed by atoms with Gasteiger partial charge >= 0.3 is 11.9 Å². The molecule has 0 bridgehead atoms. The van der Waals surface area contributed by atoms with Crippen molar-refractivity contribution in [1.82, 2.24) is 4.98 Å². The van der Waals surface area contributed by atoms with E-state index in [0.717, 1.165) is 11.1 Å². The molecule has 1 atom stereocenters. The normalized spacial score (nSPS) is 11.5. The molecule has 6 nitrogen and oxygen atoms in total. The summed E-state index contributed by atoms with van der Waals surface area (Å²) in [7, 11) is 1.24. The third-order valence-corrected chi connectivity index (χ3v) is 3.84. The van der Waals surface area contributed by atoms with Crippen LogP contribution in [0.1, 0.15) is 49.3 Å². The van der Waals surface area contributed by atoms with Crippen molar-refractivity contribution in [1.29, 1.82) is 0 Å². The summed E-state index contributed by atoms with van der Waals surface area (Å²) in [6.07, 6.45) is 0.275. The topological polar surface area (TPSA) is 82.6 Å². The molecule has 2 rings (SSSR count).